The Hall–Kier alpha value is -3.73. The average Bonchev–Trinajstić information content (AvgIpc) is 3.00. The Morgan fingerprint density at radius 2 is 2.08 bits per heavy atom. The van der Waals surface area contributed by atoms with Crippen LogP contribution in [0.5, 0.6) is 0 Å². The standard InChI is InChI=1S/C18H15FN6O/c1-11-3-4-15(22-14-8-12(10-20)7-13(19)9-14)17(21-11)18(26)23-16-5-6-25(2)24-16/h3-9,22H,1-2H3,(H,23,24,26). The van der Waals surface area contributed by atoms with Crippen molar-refractivity contribution in [3.05, 3.63) is 65.4 Å². The molecule has 0 bridgehead atoms. The van der Waals surface area contributed by atoms with Crippen LogP contribution in [0.3, 0.4) is 0 Å². The number of aryl methyl sites for hydroxylation is 2. The highest BCUT2D eigenvalue weighted by atomic mass is 19.1. The fourth-order valence-electron chi connectivity index (χ4n) is 2.37. The number of aromatic nitrogens is 3. The summed E-state index contributed by atoms with van der Waals surface area (Å²) in [5.74, 6) is -0.609. The van der Waals surface area contributed by atoms with Crippen LogP contribution in [0.1, 0.15) is 21.7 Å². The minimum absolute atomic E-state index is 0.137. The summed E-state index contributed by atoms with van der Waals surface area (Å²) in [4.78, 5) is 16.9. The third kappa shape index (κ3) is 3.84. The molecule has 2 aromatic heterocycles. The van der Waals surface area contributed by atoms with Crippen LogP contribution in [-0.2, 0) is 7.05 Å². The molecule has 7 nitrogen and oxygen atoms in total. The molecule has 130 valence electrons. The molecule has 0 unspecified atom stereocenters. The number of carbonyl (C=O) groups excluding carboxylic acids is 1. The molecule has 1 amide bonds. The molecule has 3 rings (SSSR count). The van der Waals surface area contributed by atoms with E-state index in [1.54, 1.807) is 43.0 Å². The Morgan fingerprint density at radius 3 is 2.77 bits per heavy atom. The molecule has 0 saturated carbocycles. The summed E-state index contributed by atoms with van der Waals surface area (Å²) in [6, 6.07) is 10.8. The number of amides is 1. The molecule has 0 aliphatic heterocycles. The lowest BCUT2D eigenvalue weighted by Crippen LogP contribution is -2.17. The second kappa shape index (κ2) is 7.03. The van der Waals surface area contributed by atoms with Crippen LogP contribution >= 0.6 is 0 Å². The number of anilines is 3. The van der Waals surface area contributed by atoms with Gasteiger partial charge in [0.1, 0.15) is 5.82 Å². The topological polar surface area (TPSA) is 95.6 Å². The molecule has 0 spiro atoms. The molecular formula is C18H15FN6O. The first-order valence-corrected chi connectivity index (χ1v) is 7.71. The third-order valence-electron chi connectivity index (χ3n) is 3.51. The van der Waals surface area contributed by atoms with Crippen LogP contribution in [0.15, 0.2) is 42.6 Å². The van der Waals surface area contributed by atoms with Gasteiger partial charge in [0.05, 0.1) is 17.3 Å². The Bertz CT molecular complexity index is 1020. The van der Waals surface area contributed by atoms with Crippen LogP contribution in [0.25, 0.3) is 0 Å². The lowest BCUT2D eigenvalue weighted by atomic mass is 10.2. The van der Waals surface area contributed by atoms with Gasteiger partial charge >= 0.3 is 0 Å². The van der Waals surface area contributed by atoms with Crippen molar-refractivity contribution in [2.45, 2.75) is 6.92 Å². The summed E-state index contributed by atoms with van der Waals surface area (Å²) < 4.78 is 15.2. The zero-order chi connectivity index (χ0) is 18.7. The number of hydrogen-bond acceptors (Lipinski definition) is 5. The number of nitriles is 1. The summed E-state index contributed by atoms with van der Waals surface area (Å²) in [7, 11) is 1.74. The van der Waals surface area contributed by atoms with Gasteiger partial charge in [-0.2, -0.15) is 10.4 Å². The van der Waals surface area contributed by atoms with Gasteiger partial charge in [-0.05, 0) is 37.3 Å². The number of nitrogens with one attached hydrogen (secondary N) is 2. The third-order valence-corrected chi connectivity index (χ3v) is 3.51. The van der Waals surface area contributed by atoms with Gasteiger partial charge in [0.2, 0.25) is 0 Å². The van der Waals surface area contributed by atoms with Crippen LogP contribution in [0, 0.1) is 24.1 Å². The van der Waals surface area contributed by atoms with E-state index in [4.69, 9.17) is 5.26 Å². The summed E-state index contributed by atoms with van der Waals surface area (Å²) in [6.07, 6.45) is 1.70. The molecule has 0 fully saturated rings. The lowest BCUT2D eigenvalue weighted by molar-refractivity contribution is 0.102. The molecule has 0 aliphatic rings. The van der Waals surface area contributed by atoms with Crippen molar-refractivity contribution in [1.82, 2.24) is 14.8 Å². The van der Waals surface area contributed by atoms with E-state index in [9.17, 15) is 9.18 Å². The predicted octanol–water partition coefficient (Wildman–Crippen LogP) is 3.13. The maximum absolute atomic E-state index is 13.6. The van der Waals surface area contributed by atoms with Gasteiger partial charge in [-0.3, -0.25) is 9.48 Å². The summed E-state index contributed by atoms with van der Waals surface area (Å²) >= 11 is 0. The number of pyridine rings is 1. The van der Waals surface area contributed by atoms with Crippen LogP contribution < -0.4 is 10.6 Å². The highest BCUT2D eigenvalue weighted by Gasteiger charge is 2.16. The SMILES string of the molecule is Cc1ccc(Nc2cc(F)cc(C#N)c2)c(C(=O)Nc2ccn(C)n2)n1. The molecule has 2 heterocycles. The first kappa shape index (κ1) is 17.1. The highest BCUT2D eigenvalue weighted by molar-refractivity contribution is 6.06. The number of hydrogen-bond donors (Lipinski definition) is 2. The zero-order valence-electron chi connectivity index (χ0n) is 14.1. The summed E-state index contributed by atoms with van der Waals surface area (Å²) in [5, 5.41) is 18.7. The minimum atomic E-state index is -0.550. The molecule has 8 heteroatoms. The fraction of sp³-hybridized carbons (Fsp3) is 0.111. The molecule has 0 saturated heterocycles. The maximum Gasteiger partial charge on any atom is 0.277 e. The van der Waals surface area contributed by atoms with E-state index in [2.05, 4.69) is 20.7 Å². The van der Waals surface area contributed by atoms with Gasteiger partial charge in [0.25, 0.3) is 5.91 Å². The molecule has 26 heavy (non-hydrogen) atoms. The second-order valence-electron chi connectivity index (χ2n) is 5.64. The van der Waals surface area contributed by atoms with Gasteiger partial charge in [-0.15, -0.1) is 0 Å². The van der Waals surface area contributed by atoms with E-state index >= 15 is 0 Å². The molecule has 3 aromatic rings. The zero-order valence-corrected chi connectivity index (χ0v) is 14.1. The number of halogens is 1. The lowest BCUT2D eigenvalue weighted by Gasteiger charge is -2.12. The summed E-state index contributed by atoms with van der Waals surface area (Å²) in [6.45, 7) is 1.76. The van der Waals surface area contributed by atoms with Crippen LogP contribution in [0.4, 0.5) is 21.6 Å². The Kier molecular flexibility index (Phi) is 4.62. The van der Waals surface area contributed by atoms with Crippen molar-refractivity contribution in [3.8, 4) is 6.07 Å². The Labute approximate surface area is 149 Å². The first-order valence-electron chi connectivity index (χ1n) is 7.71. The van der Waals surface area contributed by atoms with Crippen molar-refractivity contribution in [3.63, 3.8) is 0 Å². The normalized spacial score (nSPS) is 10.2. The fourth-order valence-corrected chi connectivity index (χ4v) is 2.37. The van der Waals surface area contributed by atoms with Crippen LogP contribution in [-0.4, -0.2) is 20.7 Å². The molecule has 0 atom stereocenters. The number of rotatable bonds is 4. The van der Waals surface area contributed by atoms with Crippen molar-refractivity contribution in [2.24, 2.45) is 7.05 Å². The Morgan fingerprint density at radius 1 is 1.27 bits per heavy atom. The van der Waals surface area contributed by atoms with E-state index in [-0.39, 0.29) is 11.3 Å². The molecule has 1 aromatic carbocycles. The largest absolute Gasteiger partial charge is 0.353 e. The quantitative estimate of drug-likeness (QED) is 0.754. The van der Waals surface area contributed by atoms with E-state index in [1.807, 2.05) is 6.07 Å². The first-order chi connectivity index (χ1) is 12.4. The van der Waals surface area contributed by atoms with Crippen molar-refractivity contribution in [1.29, 1.82) is 5.26 Å². The van der Waals surface area contributed by atoms with Gasteiger partial charge < -0.3 is 10.6 Å². The monoisotopic (exact) mass is 350 g/mol. The number of benzene rings is 1. The van der Waals surface area contributed by atoms with Crippen LogP contribution in [0.2, 0.25) is 0 Å². The smallest absolute Gasteiger partial charge is 0.277 e. The maximum atomic E-state index is 13.6. The van der Waals surface area contributed by atoms with Crippen molar-refractivity contribution < 1.29 is 9.18 Å². The molecular weight excluding hydrogens is 335 g/mol. The molecule has 0 aliphatic carbocycles. The molecule has 0 radical (unpaired) electrons. The summed E-state index contributed by atoms with van der Waals surface area (Å²) in [5.41, 5.74) is 1.70. The number of nitrogens with zero attached hydrogens (tertiary/aromatic N) is 4. The van der Waals surface area contributed by atoms with Gasteiger partial charge in [-0.25, -0.2) is 9.37 Å². The van der Waals surface area contributed by atoms with E-state index in [0.717, 1.165) is 6.07 Å². The van der Waals surface area contributed by atoms with Crippen molar-refractivity contribution >= 4 is 23.1 Å². The van der Waals surface area contributed by atoms with E-state index < -0.39 is 11.7 Å². The second-order valence-corrected chi connectivity index (χ2v) is 5.64. The molecule has 2 N–H and O–H groups in total. The minimum Gasteiger partial charge on any atom is -0.353 e. The van der Waals surface area contributed by atoms with Gasteiger partial charge in [0, 0.05) is 30.7 Å². The Balaban J connectivity index is 1.92. The van der Waals surface area contributed by atoms with Gasteiger partial charge in [-0.1, -0.05) is 0 Å². The highest BCUT2D eigenvalue weighted by Crippen LogP contribution is 2.23. The average molecular weight is 350 g/mol. The van der Waals surface area contributed by atoms with Gasteiger partial charge in [0.15, 0.2) is 11.5 Å². The predicted molar refractivity (Wildman–Crippen MR) is 94.5 cm³/mol. The number of carbonyl (C=O) groups is 1. The van der Waals surface area contributed by atoms with E-state index in [0.29, 0.717) is 22.9 Å². The van der Waals surface area contributed by atoms with Crippen molar-refractivity contribution in [2.75, 3.05) is 10.6 Å². The van der Waals surface area contributed by atoms with E-state index in [1.165, 1.54) is 12.1 Å².